The molecule has 5 nitrogen and oxygen atoms in total. The van der Waals surface area contributed by atoms with Crippen molar-refractivity contribution in [1.82, 2.24) is 4.57 Å². The van der Waals surface area contributed by atoms with Crippen LogP contribution in [-0.4, -0.2) is 27.7 Å². The summed E-state index contributed by atoms with van der Waals surface area (Å²) in [7, 11) is 0. The third-order valence-corrected chi connectivity index (χ3v) is 3.74. The van der Waals surface area contributed by atoms with Crippen molar-refractivity contribution in [2.24, 2.45) is 0 Å². The van der Waals surface area contributed by atoms with E-state index < -0.39 is 53.2 Å². The molecule has 1 aromatic carbocycles. The lowest BCUT2D eigenvalue weighted by Crippen LogP contribution is -2.33. The standard InChI is InChI=1S/C15H10F4N2O3/c16-7-2-1-3-8(4-7)21-6-9(14(23)24)12-13(21)10(15(17,18)19)5-11(22)20-12/h1-4,6,10H,5H2,(H,20,22)(H,23,24). The van der Waals surface area contributed by atoms with E-state index in [0.29, 0.717) is 0 Å². The Bertz CT molecular complexity index is 842. The molecule has 2 aromatic rings. The molecule has 1 atom stereocenters. The number of aromatic nitrogens is 1. The van der Waals surface area contributed by atoms with Crippen molar-refractivity contribution >= 4 is 17.6 Å². The fraction of sp³-hybridized carbons (Fsp3) is 0.200. The summed E-state index contributed by atoms with van der Waals surface area (Å²) in [5.41, 5.74) is -1.30. The number of rotatable bonds is 2. The van der Waals surface area contributed by atoms with E-state index in [-0.39, 0.29) is 5.69 Å². The highest BCUT2D eigenvalue weighted by Gasteiger charge is 2.48. The van der Waals surface area contributed by atoms with Gasteiger partial charge in [-0.15, -0.1) is 0 Å². The van der Waals surface area contributed by atoms with Crippen LogP contribution in [-0.2, 0) is 4.79 Å². The van der Waals surface area contributed by atoms with Crippen molar-refractivity contribution in [2.45, 2.75) is 18.5 Å². The van der Waals surface area contributed by atoms with Crippen molar-refractivity contribution in [3.05, 3.63) is 47.5 Å². The molecule has 126 valence electrons. The number of amides is 1. The number of aromatic carboxylic acids is 1. The highest BCUT2D eigenvalue weighted by atomic mass is 19.4. The minimum absolute atomic E-state index is 0.0316. The molecule has 0 bridgehead atoms. The Labute approximate surface area is 132 Å². The fourth-order valence-corrected chi connectivity index (χ4v) is 2.74. The number of nitrogens with zero attached hydrogens (tertiary/aromatic N) is 1. The third-order valence-electron chi connectivity index (χ3n) is 3.74. The van der Waals surface area contributed by atoms with Crippen molar-refractivity contribution in [3.63, 3.8) is 0 Å². The lowest BCUT2D eigenvalue weighted by molar-refractivity contribution is -0.157. The van der Waals surface area contributed by atoms with E-state index >= 15 is 0 Å². The number of fused-ring (bicyclic) bond motifs is 1. The van der Waals surface area contributed by atoms with Crippen molar-refractivity contribution < 1.29 is 32.3 Å². The monoisotopic (exact) mass is 342 g/mol. The SMILES string of the molecule is O=C1CC(C(F)(F)F)c2c(c(C(=O)O)cn2-c2cccc(F)c2)N1. The summed E-state index contributed by atoms with van der Waals surface area (Å²) in [5, 5.41) is 11.4. The van der Waals surface area contributed by atoms with Crippen molar-refractivity contribution in [1.29, 1.82) is 0 Å². The van der Waals surface area contributed by atoms with Gasteiger partial charge in [-0.05, 0) is 18.2 Å². The smallest absolute Gasteiger partial charge is 0.397 e. The molecule has 1 amide bonds. The zero-order valence-electron chi connectivity index (χ0n) is 11.9. The van der Waals surface area contributed by atoms with Crippen molar-refractivity contribution in [2.75, 3.05) is 5.32 Å². The molecule has 3 rings (SSSR count). The number of hydrogen-bond donors (Lipinski definition) is 2. The zero-order chi connectivity index (χ0) is 17.6. The van der Waals surface area contributed by atoms with Crippen LogP contribution in [0.3, 0.4) is 0 Å². The predicted octanol–water partition coefficient (Wildman–Crippen LogP) is 3.30. The number of nitrogens with one attached hydrogen (secondary N) is 1. The van der Waals surface area contributed by atoms with Crippen LogP contribution in [0.15, 0.2) is 30.5 Å². The van der Waals surface area contributed by atoms with Crippen LogP contribution in [0.25, 0.3) is 5.69 Å². The molecule has 24 heavy (non-hydrogen) atoms. The van der Waals surface area contributed by atoms with Gasteiger partial charge in [-0.1, -0.05) is 6.07 Å². The van der Waals surface area contributed by atoms with Crippen LogP contribution in [0, 0.1) is 5.82 Å². The minimum atomic E-state index is -4.76. The van der Waals surface area contributed by atoms with Crippen LogP contribution in [0.1, 0.15) is 28.4 Å². The van der Waals surface area contributed by atoms with Crippen LogP contribution >= 0.6 is 0 Å². The van der Waals surface area contributed by atoms with Gasteiger partial charge in [0.25, 0.3) is 0 Å². The van der Waals surface area contributed by atoms with Gasteiger partial charge in [-0.3, -0.25) is 4.79 Å². The summed E-state index contributed by atoms with van der Waals surface area (Å²) in [4.78, 5) is 22.9. The van der Waals surface area contributed by atoms with Gasteiger partial charge in [0.1, 0.15) is 17.3 Å². The number of carboxylic acid groups (broad SMARTS) is 1. The van der Waals surface area contributed by atoms with E-state index in [4.69, 9.17) is 0 Å². The molecule has 0 aliphatic carbocycles. The number of carbonyl (C=O) groups is 2. The predicted molar refractivity (Wildman–Crippen MR) is 74.7 cm³/mol. The largest absolute Gasteiger partial charge is 0.478 e. The summed E-state index contributed by atoms with van der Waals surface area (Å²) in [6, 6.07) is 4.73. The maximum absolute atomic E-state index is 13.4. The van der Waals surface area contributed by atoms with Crippen LogP contribution in [0.2, 0.25) is 0 Å². The molecule has 2 N–H and O–H groups in total. The molecule has 1 aromatic heterocycles. The minimum Gasteiger partial charge on any atom is -0.478 e. The second kappa shape index (κ2) is 5.36. The lowest BCUT2D eigenvalue weighted by Gasteiger charge is -2.27. The van der Waals surface area contributed by atoms with Gasteiger partial charge in [0, 0.05) is 18.3 Å². The van der Waals surface area contributed by atoms with Crippen LogP contribution in [0.5, 0.6) is 0 Å². The number of hydrogen-bond acceptors (Lipinski definition) is 2. The summed E-state index contributed by atoms with van der Waals surface area (Å²) in [5.74, 6) is -5.29. The molecule has 0 fully saturated rings. The molecule has 0 radical (unpaired) electrons. The summed E-state index contributed by atoms with van der Waals surface area (Å²) in [6.45, 7) is 0. The summed E-state index contributed by atoms with van der Waals surface area (Å²) in [6.07, 6.45) is -4.67. The van der Waals surface area contributed by atoms with E-state index in [1.807, 2.05) is 0 Å². The van der Waals surface area contributed by atoms with Gasteiger partial charge in [0.15, 0.2) is 0 Å². The maximum Gasteiger partial charge on any atom is 0.397 e. The number of anilines is 1. The Morgan fingerprint density at radius 1 is 1.33 bits per heavy atom. The topological polar surface area (TPSA) is 71.3 Å². The molecular formula is C15H10F4N2O3. The zero-order valence-corrected chi connectivity index (χ0v) is 11.9. The number of halogens is 4. The summed E-state index contributed by atoms with van der Waals surface area (Å²) >= 11 is 0. The molecule has 1 aliphatic heterocycles. The van der Waals surface area contributed by atoms with Gasteiger partial charge < -0.3 is 15.0 Å². The molecule has 1 unspecified atom stereocenters. The first-order valence-corrected chi connectivity index (χ1v) is 6.79. The first-order chi connectivity index (χ1) is 11.2. The molecule has 0 spiro atoms. The number of benzene rings is 1. The third kappa shape index (κ3) is 2.61. The normalized spacial score (nSPS) is 17.3. The summed E-state index contributed by atoms with van der Waals surface area (Å²) < 4.78 is 54.5. The number of carboxylic acids is 1. The van der Waals surface area contributed by atoms with Gasteiger partial charge in [0.05, 0.1) is 11.4 Å². The highest BCUT2D eigenvalue weighted by Crippen LogP contribution is 2.46. The lowest BCUT2D eigenvalue weighted by atomic mass is 9.94. The van der Waals surface area contributed by atoms with Crippen molar-refractivity contribution in [3.8, 4) is 5.69 Å². The highest BCUT2D eigenvalue weighted by molar-refractivity contribution is 6.03. The van der Waals surface area contributed by atoms with Gasteiger partial charge >= 0.3 is 12.1 Å². The Kier molecular flexibility index (Phi) is 3.58. The average molecular weight is 342 g/mol. The first kappa shape index (κ1) is 16.0. The van der Waals surface area contributed by atoms with Gasteiger partial charge in [0.2, 0.25) is 5.91 Å². The van der Waals surface area contributed by atoms with E-state index in [9.17, 15) is 32.3 Å². The quantitative estimate of drug-likeness (QED) is 0.823. The molecule has 0 saturated heterocycles. The number of carbonyl (C=O) groups excluding carboxylic acids is 1. The van der Waals surface area contributed by atoms with Crippen LogP contribution in [0.4, 0.5) is 23.2 Å². The van der Waals surface area contributed by atoms with Gasteiger partial charge in [-0.25, -0.2) is 9.18 Å². The molecule has 1 aliphatic rings. The molecule has 2 heterocycles. The molecule has 0 saturated carbocycles. The van der Waals surface area contributed by atoms with E-state index in [1.54, 1.807) is 0 Å². The number of alkyl halides is 3. The maximum atomic E-state index is 13.4. The first-order valence-electron chi connectivity index (χ1n) is 6.79. The van der Waals surface area contributed by atoms with Gasteiger partial charge in [-0.2, -0.15) is 13.2 Å². The average Bonchev–Trinajstić information content (AvgIpc) is 2.84. The molecule has 9 heteroatoms. The second-order valence-electron chi connectivity index (χ2n) is 5.30. The van der Waals surface area contributed by atoms with Crippen LogP contribution < -0.4 is 5.32 Å². The Morgan fingerprint density at radius 2 is 2.04 bits per heavy atom. The fourth-order valence-electron chi connectivity index (χ4n) is 2.74. The Morgan fingerprint density at radius 3 is 2.62 bits per heavy atom. The van der Waals surface area contributed by atoms with E-state index in [2.05, 4.69) is 5.32 Å². The van der Waals surface area contributed by atoms with E-state index in [0.717, 1.165) is 22.9 Å². The van der Waals surface area contributed by atoms with E-state index in [1.165, 1.54) is 12.1 Å². The Balaban J connectivity index is 2.30. The Hall–Kier alpha value is -2.84. The second-order valence-corrected chi connectivity index (χ2v) is 5.30. The molecular weight excluding hydrogens is 332 g/mol.